The van der Waals surface area contributed by atoms with Crippen molar-refractivity contribution < 1.29 is 22.7 Å². The number of piperidine rings is 1. The number of alkyl halides is 3. The van der Waals surface area contributed by atoms with Crippen molar-refractivity contribution >= 4 is 17.5 Å². The number of nitrogen functional groups attached to an aromatic ring is 1. The van der Waals surface area contributed by atoms with E-state index in [4.69, 9.17) is 10.5 Å². The summed E-state index contributed by atoms with van der Waals surface area (Å²) in [5.74, 6) is 0. The first-order chi connectivity index (χ1) is 18.4. The van der Waals surface area contributed by atoms with E-state index in [-0.39, 0.29) is 13.1 Å². The van der Waals surface area contributed by atoms with Crippen molar-refractivity contribution in [2.24, 2.45) is 0 Å². The van der Waals surface area contributed by atoms with Crippen LogP contribution in [0.4, 0.5) is 29.3 Å². The molecule has 4 rings (SSSR count). The van der Waals surface area contributed by atoms with Crippen molar-refractivity contribution in [3.63, 3.8) is 0 Å². The van der Waals surface area contributed by atoms with Gasteiger partial charge < -0.3 is 15.4 Å². The number of halogens is 3. The maximum absolute atomic E-state index is 13.3. The predicted octanol–water partition coefficient (Wildman–Crippen LogP) is 7.28. The van der Waals surface area contributed by atoms with Gasteiger partial charge in [0.1, 0.15) is 5.60 Å². The van der Waals surface area contributed by atoms with E-state index in [2.05, 4.69) is 9.88 Å². The van der Waals surface area contributed by atoms with Crippen LogP contribution in [-0.2, 0) is 24.0 Å². The highest BCUT2D eigenvalue weighted by Crippen LogP contribution is 2.32. The normalized spacial score (nSPS) is 14.3. The number of hydrogen-bond donors (Lipinski definition) is 1. The summed E-state index contributed by atoms with van der Waals surface area (Å²) in [6.07, 6.45) is 0.0887. The molecule has 0 atom stereocenters. The quantitative estimate of drug-likeness (QED) is 0.333. The summed E-state index contributed by atoms with van der Waals surface area (Å²) < 4.78 is 45.5. The molecule has 2 heterocycles. The maximum atomic E-state index is 13.3. The minimum atomic E-state index is -4.48. The van der Waals surface area contributed by atoms with E-state index in [0.29, 0.717) is 16.9 Å². The van der Waals surface area contributed by atoms with Crippen LogP contribution in [0.2, 0.25) is 0 Å². The summed E-state index contributed by atoms with van der Waals surface area (Å²) in [5.41, 5.74) is 9.04. The van der Waals surface area contributed by atoms with Gasteiger partial charge in [-0.1, -0.05) is 12.1 Å². The SMILES string of the molecule is CC(C)(C)OC(=O)N(Cc1cccc(C(F)(F)F)c1)Cc1ccnc(-c2cc(N3CCCCC3)ccc2N)c1. The van der Waals surface area contributed by atoms with E-state index in [0.717, 1.165) is 54.9 Å². The minimum absolute atomic E-state index is 0.0525. The highest BCUT2D eigenvalue weighted by Gasteiger charge is 2.31. The van der Waals surface area contributed by atoms with Gasteiger partial charge in [0.05, 0.1) is 11.3 Å². The molecule has 0 radical (unpaired) electrons. The van der Waals surface area contributed by atoms with Crippen LogP contribution < -0.4 is 10.6 Å². The Kier molecular flexibility index (Phi) is 8.37. The fourth-order valence-corrected chi connectivity index (χ4v) is 4.63. The van der Waals surface area contributed by atoms with Gasteiger partial charge in [-0.25, -0.2) is 4.79 Å². The first kappa shape index (κ1) is 28.3. The Morgan fingerprint density at radius 2 is 1.67 bits per heavy atom. The molecule has 0 spiro atoms. The zero-order chi connectivity index (χ0) is 28.2. The highest BCUT2D eigenvalue weighted by molar-refractivity contribution is 5.78. The molecule has 2 N–H and O–H groups in total. The lowest BCUT2D eigenvalue weighted by Gasteiger charge is -2.29. The van der Waals surface area contributed by atoms with Crippen LogP contribution in [-0.4, -0.2) is 34.7 Å². The Hall–Kier alpha value is -3.75. The molecular formula is C30H35F3N4O2. The fourth-order valence-electron chi connectivity index (χ4n) is 4.63. The average molecular weight is 541 g/mol. The molecule has 2 aromatic carbocycles. The molecule has 0 unspecified atom stereocenters. The van der Waals surface area contributed by atoms with E-state index in [1.54, 1.807) is 39.1 Å². The maximum Gasteiger partial charge on any atom is 0.416 e. The molecule has 1 amide bonds. The topological polar surface area (TPSA) is 71.7 Å². The number of benzene rings is 2. The first-order valence-corrected chi connectivity index (χ1v) is 13.1. The summed E-state index contributed by atoms with van der Waals surface area (Å²) in [4.78, 5) is 21.4. The van der Waals surface area contributed by atoms with Crippen LogP contribution in [0.3, 0.4) is 0 Å². The number of anilines is 2. The van der Waals surface area contributed by atoms with Crippen molar-refractivity contribution in [2.45, 2.75) is 64.9 Å². The van der Waals surface area contributed by atoms with Gasteiger partial charge in [-0.3, -0.25) is 9.88 Å². The number of hydrogen-bond acceptors (Lipinski definition) is 5. The van der Waals surface area contributed by atoms with Gasteiger partial charge in [-0.15, -0.1) is 0 Å². The molecule has 39 heavy (non-hydrogen) atoms. The minimum Gasteiger partial charge on any atom is -0.444 e. The Labute approximate surface area is 227 Å². The molecule has 0 saturated carbocycles. The number of nitrogens with zero attached hydrogens (tertiary/aromatic N) is 3. The summed E-state index contributed by atoms with van der Waals surface area (Å²) in [6, 6.07) is 14.6. The van der Waals surface area contributed by atoms with E-state index >= 15 is 0 Å². The molecule has 1 aliphatic rings. The van der Waals surface area contributed by atoms with Crippen LogP contribution in [0.25, 0.3) is 11.3 Å². The van der Waals surface area contributed by atoms with Gasteiger partial charge >= 0.3 is 12.3 Å². The number of ether oxygens (including phenoxy) is 1. The van der Waals surface area contributed by atoms with E-state index in [1.807, 2.05) is 24.3 Å². The Morgan fingerprint density at radius 3 is 2.33 bits per heavy atom. The molecule has 1 aliphatic heterocycles. The van der Waals surface area contributed by atoms with Crippen molar-refractivity contribution in [3.05, 3.63) is 77.5 Å². The number of aromatic nitrogens is 1. The monoisotopic (exact) mass is 540 g/mol. The largest absolute Gasteiger partial charge is 0.444 e. The molecule has 3 aromatic rings. The lowest BCUT2D eigenvalue weighted by molar-refractivity contribution is -0.137. The molecule has 208 valence electrons. The number of rotatable bonds is 6. The highest BCUT2D eigenvalue weighted by atomic mass is 19.4. The second-order valence-corrected chi connectivity index (χ2v) is 10.9. The number of amides is 1. The van der Waals surface area contributed by atoms with Crippen LogP contribution in [0.15, 0.2) is 60.8 Å². The standard InChI is InChI=1S/C30H35F3N4O2/c1-29(2,3)39-28(38)37(19-21-8-7-9-23(16-21)30(31,32)33)20-22-12-13-35-27(17-22)25-18-24(10-11-26(25)34)36-14-5-4-6-15-36/h7-13,16-18H,4-6,14-15,19-20,34H2,1-3H3. The van der Waals surface area contributed by atoms with E-state index in [1.165, 1.54) is 17.4 Å². The third-order valence-corrected chi connectivity index (χ3v) is 6.51. The molecule has 9 heteroatoms. The Bertz CT molecular complexity index is 1300. The van der Waals surface area contributed by atoms with Gasteiger partial charge in [0.2, 0.25) is 0 Å². The molecule has 0 bridgehead atoms. The van der Waals surface area contributed by atoms with Gasteiger partial charge in [-0.2, -0.15) is 13.2 Å². The fraction of sp³-hybridized carbons (Fsp3) is 0.400. The van der Waals surface area contributed by atoms with Crippen molar-refractivity contribution in [1.29, 1.82) is 0 Å². The van der Waals surface area contributed by atoms with Crippen LogP contribution in [0, 0.1) is 0 Å². The first-order valence-electron chi connectivity index (χ1n) is 13.1. The number of carbonyl (C=O) groups is 1. The summed E-state index contributed by atoms with van der Waals surface area (Å²) in [6.45, 7) is 7.30. The van der Waals surface area contributed by atoms with Crippen molar-refractivity contribution in [1.82, 2.24) is 9.88 Å². The van der Waals surface area contributed by atoms with E-state index in [9.17, 15) is 18.0 Å². The van der Waals surface area contributed by atoms with Gasteiger partial charge in [0.25, 0.3) is 0 Å². The van der Waals surface area contributed by atoms with Crippen LogP contribution >= 0.6 is 0 Å². The van der Waals surface area contributed by atoms with Crippen molar-refractivity contribution in [3.8, 4) is 11.3 Å². The number of nitrogens with two attached hydrogens (primary N) is 1. The molecule has 6 nitrogen and oxygen atoms in total. The van der Waals surface area contributed by atoms with E-state index < -0.39 is 23.4 Å². The predicted molar refractivity (Wildman–Crippen MR) is 147 cm³/mol. The average Bonchev–Trinajstić information content (AvgIpc) is 2.88. The lowest BCUT2D eigenvalue weighted by Crippen LogP contribution is -2.36. The van der Waals surface area contributed by atoms with Gasteiger partial charge in [-0.05, 0) is 93.6 Å². The molecule has 0 aliphatic carbocycles. The zero-order valence-electron chi connectivity index (χ0n) is 22.6. The molecule has 1 saturated heterocycles. The van der Waals surface area contributed by atoms with Gasteiger partial charge in [0, 0.05) is 49.3 Å². The summed E-state index contributed by atoms with van der Waals surface area (Å²) >= 11 is 0. The third-order valence-electron chi connectivity index (χ3n) is 6.51. The van der Waals surface area contributed by atoms with Crippen LogP contribution in [0.1, 0.15) is 56.7 Å². The second-order valence-electron chi connectivity index (χ2n) is 10.9. The molecule has 1 aromatic heterocycles. The lowest BCUT2D eigenvalue weighted by atomic mass is 10.0. The second kappa shape index (κ2) is 11.6. The summed E-state index contributed by atoms with van der Waals surface area (Å²) in [5, 5.41) is 0. The van der Waals surface area contributed by atoms with Crippen molar-refractivity contribution in [2.75, 3.05) is 23.7 Å². The van der Waals surface area contributed by atoms with Crippen LogP contribution in [0.5, 0.6) is 0 Å². The number of carbonyl (C=O) groups excluding carboxylic acids is 1. The Balaban J connectivity index is 1.61. The molecule has 1 fully saturated rings. The van der Waals surface area contributed by atoms with Gasteiger partial charge in [0.15, 0.2) is 0 Å². The Morgan fingerprint density at radius 1 is 0.974 bits per heavy atom. The zero-order valence-corrected chi connectivity index (χ0v) is 22.6. The smallest absolute Gasteiger partial charge is 0.416 e. The number of pyridine rings is 1. The third kappa shape index (κ3) is 7.65. The summed E-state index contributed by atoms with van der Waals surface area (Å²) in [7, 11) is 0. The molecular weight excluding hydrogens is 505 g/mol.